The van der Waals surface area contributed by atoms with Gasteiger partial charge in [0.25, 0.3) is 0 Å². The van der Waals surface area contributed by atoms with Gasteiger partial charge < -0.3 is 0 Å². The quantitative estimate of drug-likeness (QED) is 0.179. The fraction of sp³-hybridized carbons (Fsp3) is 0.556. The molecule has 0 aromatic heterocycles. The topological polar surface area (TPSA) is 20.2 Å². The summed E-state index contributed by atoms with van der Waals surface area (Å²) in [6.45, 7) is 6.98. The molecule has 29 heavy (non-hydrogen) atoms. The summed E-state index contributed by atoms with van der Waals surface area (Å²) in [6.07, 6.45) is 20.0. The van der Waals surface area contributed by atoms with Crippen LogP contribution in [0.15, 0.2) is 64.8 Å². The van der Waals surface area contributed by atoms with E-state index in [1.807, 2.05) is 18.2 Å². The summed E-state index contributed by atoms with van der Waals surface area (Å²) < 4.78 is 7.24. The van der Waals surface area contributed by atoms with Gasteiger partial charge in [-0.1, -0.05) is 6.07 Å². The molecule has 1 atom stereocenters. The molecule has 0 aliphatic rings. The zero-order valence-electron chi connectivity index (χ0n) is 19.2. The maximum atomic E-state index is 10.2. The van der Waals surface area contributed by atoms with Crippen LogP contribution in [0.3, 0.4) is 0 Å². The average molecular weight is 503 g/mol. The van der Waals surface area contributed by atoms with Crippen LogP contribution < -0.4 is 0 Å². The third kappa shape index (κ3) is 12.5. The summed E-state index contributed by atoms with van der Waals surface area (Å²) >= 11 is -2.15. The van der Waals surface area contributed by atoms with Gasteiger partial charge in [-0.3, -0.25) is 0 Å². The van der Waals surface area contributed by atoms with Gasteiger partial charge in [0, 0.05) is 0 Å². The van der Waals surface area contributed by atoms with Crippen molar-refractivity contribution >= 4 is 18.4 Å². The molecule has 0 saturated carbocycles. The van der Waals surface area contributed by atoms with E-state index in [-0.39, 0.29) is 6.10 Å². The Morgan fingerprint density at radius 3 is 1.90 bits per heavy atom. The summed E-state index contributed by atoms with van der Waals surface area (Å²) in [5.74, 6) is 0. The molecule has 0 amide bonds. The van der Waals surface area contributed by atoms with Crippen molar-refractivity contribution in [2.24, 2.45) is 0 Å². The van der Waals surface area contributed by atoms with E-state index in [1.54, 1.807) is 0 Å². The van der Waals surface area contributed by atoms with Crippen molar-refractivity contribution in [1.29, 1.82) is 0 Å². The van der Waals surface area contributed by atoms with Gasteiger partial charge in [-0.25, -0.2) is 0 Å². The second-order valence-corrected chi connectivity index (χ2v) is 21.4. The Hall–Kier alpha value is -0.801. The molecule has 162 valence electrons. The zero-order valence-corrected chi connectivity index (χ0v) is 22.0. The minimum atomic E-state index is -2.15. The summed E-state index contributed by atoms with van der Waals surface area (Å²) in [5.41, 5.74) is 1.29. The van der Waals surface area contributed by atoms with Crippen molar-refractivity contribution in [2.45, 2.75) is 91.6 Å². The third-order valence-corrected chi connectivity index (χ3v) is 19.9. The first-order chi connectivity index (χ1) is 14.2. The molecule has 0 aliphatic carbocycles. The number of benzene rings is 1. The van der Waals surface area contributed by atoms with Gasteiger partial charge in [-0.15, -0.1) is 0 Å². The van der Waals surface area contributed by atoms with Crippen molar-refractivity contribution in [3.8, 4) is 0 Å². The molecule has 0 bridgehead atoms. The number of aliphatic hydroxyl groups is 1. The van der Waals surface area contributed by atoms with Gasteiger partial charge in [-0.05, 0) is 0 Å². The molecular weight excluding hydrogens is 459 g/mol. The molecular formula is C27H44OSn. The molecule has 1 aromatic carbocycles. The Morgan fingerprint density at radius 1 is 0.793 bits per heavy atom. The predicted molar refractivity (Wildman–Crippen MR) is 133 cm³/mol. The minimum absolute atomic E-state index is 0.374. The van der Waals surface area contributed by atoms with Crippen LogP contribution in [-0.4, -0.2) is 29.6 Å². The fourth-order valence-corrected chi connectivity index (χ4v) is 18.0. The predicted octanol–water partition coefficient (Wildman–Crippen LogP) is 8.04. The van der Waals surface area contributed by atoms with Crippen LogP contribution in [0, 0.1) is 0 Å². The molecule has 0 heterocycles. The van der Waals surface area contributed by atoms with Crippen LogP contribution in [0.2, 0.25) is 13.3 Å². The van der Waals surface area contributed by atoms with E-state index >= 15 is 0 Å². The number of unbranched alkanes of at least 4 members (excludes halogenated alkanes) is 3. The van der Waals surface area contributed by atoms with Crippen molar-refractivity contribution in [3.63, 3.8) is 0 Å². The van der Waals surface area contributed by atoms with E-state index in [0.29, 0.717) is 0 Å². The Kier molecular flexibility index (Phi) is 15.3. The molecule has 2 heteroatoms. The van der Waals surface area contributed by atoms with Gasteiger partial charge in [0.05, 0.1) is 0 Å². The monoisotopic (exact) mass is 504 g/mol. The van der Waals surface area contributed by atoms with E-state index in [1.165, 1.54) is 57.4 Å². The SMILES string of the molecule is CCC[CH2][Sn](/[CH]=C/C=C\C=C\C(O)CCc1ccccc1)([CH2]CCC)[CH2]CCC. The molecule has 0 radical (unpaired) electrons. The average Bonchev–Trinajstić information content (AvgIpc) is 2.76. The number of hydrogen-bond acceptors (Lipinski definition) is 1. The Morgan fingerprint density at radius 2 is 1.34 bits per heavy atom. The van der Waals surface area contributed by atoms with Crippen molar-refractivity contribution in [1.82, 2.24) is 0 Å². The van der Waals surface area contributed by atoms with E-state index in [9.17, 15) is 5.11 Å². The normalized spacial score (nSPS) is 13.8. The Labute approximate surface area is 184 Å². The Bertz CT molecular complexity index is 566. The molecule has 1 nitrogen and oxygen atoms in total. The van der Waals surface area contributed by atoms with Crippen molar-refractivity contribution in [3.05, 3.63) is 70.4 Å². The maximum absolute atomic E-state index is 10.2. The summed E-state index contributed by atoms with van der Waals surface area (Å²) in [7, 11) is 0. The molecule has 0 aliphatic heterocycles. The number of aryl methyl sites for hydroxylation is 1. The zero-order chi connectivity index (χ0) is 21.2. The van der Waals surface area contributed by atoms with Crippen molar-refractivity contribution in [2.75, 3.05) is 0 Å². The first-order valence-electron chi connectivity index (χ1n) is 11.9. The molecule has 1 rings (SSSR count). The first-order valence-corrected chi connectivity index (χ1v) is 19.6. The van der Waals surface area contributed by atoms with E-state index < -0.39 is 18.4 Å². The number of allylic oxidation sites excluding steroid dienone is 4. The molecule has 0 fully saturated rings. The number of aliphatic hydroxyl groups excluding tert-OH is 1. The number of hydrogen-bond donors (Lipinski definition) is 1. The van der Waals surface area contributed by atoms with Crippen LogP contribution in [-0.2, 0) is 6.42 Å². The van der Waals surface area contributed by atoms with Crippen LogP contribution in [0.4, 0.5) is 0 Å². The first kappa shape index (κ1) is 26.2. The Balaban J connectivity index is 2.56. The fourth-order valence-electron chi connectivity index (χ4n) is 3.85. The van der Waals surface area contributed by atoms with E-state index in [2.05, 4.69) is 67.4 Å². The number of rotatable bonds is 16. The van der Waals surface area contributed by atoms with Gasteiger partial charge >= 0.3 is 179 Å². The molecule has 0 spiro atoms. The second kappa shape index (κ2) is 16.9. The van der Waals surface area contributed by atoms with Crippen molar-refractivity contribution < 1.29 is 5.11 Å². The standard InChI is InChI=1S/C15H17O.3C4H9.Sn/c1-2-3-4-8-11-15(16)13-12-14-9-6-5-7-10-14;3*1-3-4-2;/h1-11,15-16H,12-13H2;3*1,3-4H2,2H3;/b2-1?,4-3-,11-8+;;;;. The summed E-state index contributed by atoms with van der Waals surface area (Å²) in [4.78, 5) is 0. The van der Waals surface area contributed by atoms with Crippen LogP contribution in [0.25, 0.3) is 0 Å². The van der Waals surface area contributed by atoms with E-state index in [4.69, 9.17) is 0 Å². The van der Waals surface area contributed by atoms with E-state index in [0.717, 1.165) is 12.8 Å². The van der Waals surface area contributed by atoms with Gasteiger partial charge in [0.1, 0.15) is 0 Å². The van der Waals surface area contributed by atoms with Crippen LogP contribution in [0.5, 0.6) is 0 Å². The second-order valence-electron chi connectivity index (χ2n) is 8.39. The van der Waals surface area contributed by atoms with Gasteiger partial charge in [0.2, 0.25) is 0 Å². The van der Waals surface area contributed by atoms with Gasteiger partial charge in [-0.2, -0.15) is 0 Å². The summed E-state index contributed by atoms with van der Waals surface area (Å²) in [5, 5.41) is 10.2. The molecule has 0 saturated heterocycles. The van der Waals surface area contributed by atoms with Crippen LogP contribution >= 0.6 is 0 Å². The summed E-state index contributed by atoms with van der Waals surface area (Å²) in [6, 6.07) is 10.4. The molecule has 1 unspecified atom stereocenters. The molecule has 1 aromatic rings. The van der Waals surface area contributed by atoms with Gasteiger partial charge in [0.15, 0.2) is 0 Å². The third-order valence-electron chi connectivity index (χ3n) is 5.77. The van der Waals surface area contributed by atoms with Crippen LogP contribution in [0.1, 0.15) is 71.3 Å². The molecule has 1 N–H and O–H groups in total.